The monoisotopic (exact) mass is 203 g/mol. The number of hydrogen-bond acceptors (Lipinski definition) is 2. The first kappa shape index (κ1) is 10.8. The fraction of sp³-hybridized carbons (Fsp3) is 0.100. The normalized spacial score (nSPS) is 8.33. The first-order valence-electron chi connectivity index (χ1n) is 4.02. The van der Waals surface area contributed by atoms with Gasteiger partial charge >= 0.3 is 0 Å². The van der Waals surface area contributed by atoms with Crippen molar-refractivity contribution in [3.05, 3.63) is 45.6 Å². The Morgan fingerprint density at radius 3 is 3.07 bits per heavy atom. The molecule has 0 saturated carbocycles. The van der Waals surface area contributed by atoms with Crippen molar-refractivity contribution in [2.45, 2.75) is 0 Å². The highest BCUT2D eigenvalue weighted by Crippen LogP contribution is 2.07. The van der Waals surface area contributed by atoms with Crippen LogP contribution in [0.5, 0.6) is 0 Å². The Balaban J connectivity index is 2.90. The Kier molecular flexibility index (Phi) is 3.90. The van der Waals surface area contributed by atoms with Crippen LogP contribution in [0.3, 0.4) is 0 Å². The molecule has 4 nitrogen and oxygen atoms in total. The van der Waals surface area contributed by atoms with Gasteiger partial charge in [0.1, 0.15) is 5.82 Å². The molecule has 0 aliphatic rings. The molecule has 0 amide bonds. The molecule has 0 saturated heterocycles. The average Bonchev–Trinajstić information content (AvgIpc) is 2.26. The van der Waals surface area contributed by atoms with Gasteiger partial charge in [0.25, 0.3) is 0 Å². The van der Waals surface area contributed by atoms with E-state index < -0.39 is 5.82 Å². The summed E-state index contributed by atoms with van der Waals surface area (Å²) in [7, 11) is 0. The van der Waals surface area contributed by atoms with Crippen molar-refractivity contribution < 1.29 is 9.18 Å². The molecule has 5 heteroatoms. The number of nitrogens with zero attached hydrogens (tertiary/aromatic N) is 3. The van der Waals surface area contributed by atoms with E-state index in [4.69, 9.17) is 5.53 Å². The molecular formula is C10H6FN3O. The maximum absolute atomic E-state index is 12.9. The van der Waals surface area contributed by atoms with Gasteiger partial charge in [-0.15, -0.1) is 0 Å². The minimum atomic E-state index is -0.578. The van der Waals surface area contributed by atoms with E-state index in [-0.39, 0.29) is 12.1 Å². The van der Waals surface area contributed by atoms with E-state index >= 15 is 0 Å². The number of benzene rings is 1. The van der Waals surface area contributed by atoms with Crippen LogP contribution in [-0.4, -0.2) is 12.8 Å². The largest absolute Gasteiger partial charge is 0.298 e. The highest BCUT2D eigenvalue weighted by molar-refractivity contribution is 5.76. The van der Waals surface area contributed by atoms with Gasteiger partial charge in [0.2, 0.25) is 0 Å². The van der Waals surface area contributed by atoms with E-state index in [0.29, 0.717) is 11.8 Å². The number of halogens is 1. The van der Waals surface area contributed by atoms with Crippen molar-refractivity contribution in [3.63, 3.8) is 0 Å². The summed E-state index contributed by atoms with van der Waals surface area (Å²) in [6.07, 6.45) is 0.425. The van der Waals surface area contributed by atoms with Crippen molar-refractivity contribution in [1.29, 1.82) is 0 Å². The van der Waals surface area contributed by atoms with E-state index in [2.05, 4.69) is 21.9 Å². The zero-order chi connectivity index (χ0) is 11.1. The molecule has 1 rings (SSSR count). The third-order valence-corrected chi connectivity index (χ3v) is 1.57. The van der Waals surface area contributed by atoms with Gasteiger partial charge in [0.05, 0.1) is 12.1 Å². The van der Waals surface area contributed by atoms with Gasteiger partial charge < -0.3 is 0 Å². The summed E-state index contributed by atoms with van der Waals surface area (Å²) in [5.74, 6) is 4.63. The molecule has 15 heavy (non-hydrogen) atoms. The van der Waals surface area contributed by atoms with Crippen LogP contribution < -0.4 is 0 Å². The molecule has 0 aliphatic heterocycles. The highest BCUT2D eigenvalue weighted by Gasteiger charge is 1.99. The molecule has 0 fully saturated rings. The number of hydrogen-bond donors (Lipinski definition) is 0. The van der Waals surface area contributed by atoms with Crippen molar-refractivity contribution in [3.8, 4) is 11.8 Å². The summed E-state index contributed by atoms with van der Waals surface area (Å²) in [5.41, 5.74) is 8.45. The molecule has 1 aromatic carbocycles. The lowest BCUT2D eigenvalue weighted by atomic mass is 10.1. The molecule has 0 unspecified atom stereocenters. The molecule has 0 heterocycles. The summed E-state index contributed by atoms with van der Waals surface area (Å²) in [6.45, 7) is 0.0459. The lowest BCUT2D eigenvalue weighted by Gasteiger charge is -1.94. The highest BCUT2D eigenvalue weighted by atomic mass is 19.1. The summed E-state index contributed by atoms with van der Waals surface area (Å²) >= 11 is 0. The second-order valence-electron chi connectivity index (χ2n) is 2.54. The molecule has 74 valence electrons. The second kappa shape index (κ2) is 5.43. The lowest BCUT2D eigenvalue weighted by Crippen LogP contribution is -1.88. The molecule has 0 aliphatic carbocycles. The van der Waals surface area contributed by atoms with Gasteiger partial charge in [0.15, 0.2) is 6.29 Å². The molecule has 0 bridgehead atoms. The molecule has 0 radical (unpaired) electrons. The number of rotatable bonds is 2. The minimum Gasteiger partial charge on any atom is -0.298 e. The number of carbonyl (C=O) groups excluding carboxylic acids is 1. The fourth-order valence-electron chi connectivity index (χ4n) is 0.920. The van der Waals surface area contributed by atoms with Gasteiger partial charge in [0, 0.05) is 10.5 Å². The van der Waals surface area contributed by atoms with Crippen LogP contribution in [-0.2, 0) is 0 Å². The molecular weight excluding hydrogens is 197 g/mol. The van der Waals surface area contributed by atoms with Gasteiger partial charge in [-0.25, -0.2) is 4.39 Å². The van der Waals surface area contributed by atoms with Crippen molar-refractivity contribution in [2.24, 2.45) is 5.11 Å². The Labute approximate surface area is 85.4 Å². The first-order valence-corrected chi connectivity index (χ1v) is 4.02. The van der Waals surface area contributed by atoms with E-state index in [1.54, 1.807) is 0 Å². The smallest absolute Gasteiger partial charge is 0.153 e. The number of carbonyl (C=O) groups is 1. The Hall–Kier alpha value is -2.31. The van der Waals surface area contributed by atoms with E-state index in [1.807, 2.05) is 0 Å². The van der Waals surface area contributed by atoms with Crippen LogP contribution in [0.4, 0.5) is 4.39 Å². The van der Waals surface area contributed by atoms with Gasteiger partial charge in [-0.2, -0.15) is 0 Å². The SMILES string of the molecule is [N-]=[N+]=NCC#Cc1ccc(F)c(C=O)c1. The van der Waals surface area contributed by atoms with Crippen molar-refractivity contribution in [1.82, 2.24) is 0 Å². The van der Waals surface area contributed by atoms with E-state index in [0.717, 1.165) is 0 Å². The van der Waals surface area contributed by atoms with Crippen LogP contribution in [0.1, 0.15) is 15.9 Å². The quantitative estimate of drug-likeness (QED) is 0.239. The third kappa shape index (κ3) is 3.14. The third-order valence-electron chi connectivity index (χ3n) is 1.57. The van der Waals surface area contributed by atoms with Gasteiger partial charge in [-0.3, -0.25) is 4.79 Å². The van der Waals surface area contributed by atoms with E-state index in [9.17, 15) is 9.18 Å². The van der Waals surface area contributed by atoms with Gasteiger partial charge in [-0.05, 0) is 23.7 Å². The predicted octanol–water partition coefficient (Wildman–Crippen LogP) is 2.30. The van der Waals surface area contributed by atoms with Gasteiger partial charge in [-0.1, -0.05) is 17.0 Å². The molecule has 0 N–H and O–H groups in total. The van der Waals surface area contributed by atoms with Crippen LogP contribution in [0.25, 0.3) is 10.4 Å². The zero-order valence-corrected chi connectivity index (χ0v) is 7.64. The standard InChI is InChI=1S/C10H6FN3O/c11-10-4-3-8(6-9(10)7-15)2-1-5-13-14-12/h3-4,6-7H,5H2. The van der Waals surface area contributed by atoms with Crippen LogP contribution in [0.15, 0.2) is 23.3 Å². The van der Waals surface area contributed by atoms with Crippen molar-refractivity contribution >= 4 is 6.29 Å². The van der Waals surface area contributed by atoms with Crippen LogP contribution in [0.2, 0.25) is 0 Å². The molecule has 0 atom stereocenters. The Morgan fingerprint density at radius 2 is 2.40 bits per heavy atom. The van der Waals surface area contributed by atoms with Crippen molar-refractivity contribution in [2.75, 3.05) is 6.54 Å². The minimum absolute atomic E-state index is 0.0365. The number of azide groups is 1. The van der Waals surface area contributed by atoms with Crippen LogP contribution >= 0.6 is 0 Å². The lowest BCUT2D eigenvalue weighted by molar-refractivity contribution is 0.112. The Morgan fingerprint density at radius 1 is 1.60 bits per heavy atom. The molecule has 0 spiro atoms. The average molecular weight is 203 g/mol. The summed E-state index contributed by atoms with van der Waals surface area (Å²) in [6, 6.07) is 3.96. The first-order chi connectivity index (χ1) is 7.27. The molecule has 0 aromatic heterocycles. The second-order valence-corrected chi connectivity index (χ2v) is 2.54. The maximum atomic E-state index is 12.9. The summed E-state index contributed by atoms with van der Waals surface area (Å²) in [5, 5.41) is 3.21. The zero-order valence-electron chi connectivity index (χ0n) is 7.64. The summed E-state index contributed by atoms with van der Waals surface area (Å²) < 4.78 is 12.9. The maximum Gasteiger partial charge on any atom is 0.153 e. The van der Waals surface area contributed by atoms with E-state index in [1.165, 1.54) is 18.2 Å². The fourth-order valence-corrected chi connectivity index (χ4v) is 0.920. The molecule has 1 aromatic rings. The summed E-state index contributed by atoms with van der Waals surface area (Å²) in [4.78, 5) is 12.9. The predicted molar refractivity (Wildman–Crippen MR) is 52.7 cm³/mol. The topological polar surface area (TPSA) is 65.8 Å². The number of aldehydes is 1. The Bertz CT molecular complexity index is 481. The van der Waals surface area contributed by atoms with Crippen LogP contribution in [0, 0.1) is 17.7 Å².